The predicted molar refractivity (Wildman–Crippen MR) is 125 cm³/mol. The van der Waals surface area contributed by atoms with Crippen LogP contribution in [0.2, 0.25) is 0 Å². The van der Waals surface area contributed by atoms with Crippen molar-refractivity contribution in [3.8, 4) is 5.75 Å². The van der Waals surface area contributed by atoms with Crippen molar-refractivity contribution in [2.24, 2.45) is 4.99 Å². The van der Waals surface area contributed by atoms with Crippen LogP contribution in [-0.4, -0.2) is 52.8 Å². The number of phenols is 1. The van der Waals surface area contributed by atoms with Crippen LogP contribution in [0.25, 0.3) is 0 Å². The third kappa shape index (κ3) is 6.12. The third-order valence-corrected chi connectivity index (χ3v) is 5.37. The number of fused-ring (bicyclic) bond motifs is 2. The van der Waals surface area contributed by atoms with E-state index in [0.29, 0.717) is 18.1 Å². The van der Waals surface area contributed by atoms with Crippen molar-refractivity contribution < 1.29 is 19.0 Å². The highest BCUT2D eigenvalue weighted by Gasteiger charge is 2.45. The molecule has 168 valence electrons. The molecule has 2 atom stereocenters. The van der Waals surface area contributed by atoms with Gasteiger partial charge < -0.3 is 25.4 Å². The van der Waals surface area contributed by atoms with Gasteiger partial charge in [0.15, 0.2) is 17.5 Å². The van der Waals surface area contributed by atoms with E-state index in [1.807, 2.05) is 25.7 Å². The van der Waals surface area contributed by atoms with E-state index in [4.69, 9.17) is 4.74 Å². The number of carbonyl (C=O) groups excluding carboxylic acids is 1. The molecule has 1 aromatic carbocycles. The van der Waals surface area contributed by atoms with Gasteiger partial charge in [-0.2, -0.15) is 0 Å². The van der Waals surface area contributed by atoms with Crippen LogP contribution in [0, 0.1) is 5.82 Å². The second-order valence-electron chi connectivity index (χ2n) is 8.80. The number of rotatable bonds is 3. The lowest BCUT2D eigenvalue weighted by molar-refractivity contribution is 0.00544. The molecule has 1 aromatic rings. The van der Waals surface area contributed by atoms with Crippen LogP contribution >= 0.6 is 24.0 Å². The predicted octanol–water partition coefficient (Wildman–Crippen LogP) is 3.74. The summed E-state index contributed by atoms with van der Waals surface area (Å²) in [5, 5.41) is 15.9. The molecular formula is C21H32FIN4O3. The number of piperidine rings is 1. The van der Waals surface area contributed by atoms with Gasteiger partial charge in [0.05, 0.1) is 0 Å². The molecule has 0 aliphatic carbocycles. The molecule has 2 heterocycles. The van der Waals surface area contributed by atoms with Gasteiger partial charge >= 0.3 is 6.09 Å². The number of aliphatic imine (C=N–C) groups is 1. The molecular weight excluding hydrogens is 502 g/mol. The summed E-state index contributed by atoms with van der Waals surface area (Å²) in [5.74, 6) is -0.365. The van der Waals surface area contributed by atoms with Crippen LogP contribution in [-0.2, 0) is 11.3 Å². The number of halogens is 2. The number of hydrogen-bond acceptors (Lipinski definition) is 4. The van der Waals surface area contributed by atoms with Gasteiger partial charge in [0.1, 0.15) is 5.60 Å². The summed E-state index contributed by atoms with van der Waals surface area (Å²) in [5.41, 5.74) is 0.216. The minimum absolute atomic E-state index is 0. The van der Waals surface area contributed by atoms with Crippen LogP contribution in [0.3, 0.4) is 0 Å². The monoisotopic (exact) mass is 534 g/mol. The van der Waals surface area contributed by atoms with Gasteiger partial charge in [0.25, 0.3) is 0 Å². The number of ether oxygens (including phenoxy) is 1. The van der Waals surface area contributed by atoms with Crippen LogP contribution < -0.4 is 10.6 Å². The number of benzene rings is 1. The fraction of sp³-hybridized carbons (Fsp3) is 0.619. The van der Waals surface area contributed by atoms with Crippen LogP contribution in [0.5, 0.6) is 5.75 Å². The average Bonchev–Trinajstić information content (AvgIpc) is 2.91. The molecule has 2 unspecified atom stereocenters. The Kier molecular flexibility index (Phi) is 8.18. The zero-order valence-electron chi connectivity index (χ0n) is 17.9. The molecule has 0 aromatic heterocycles. The van der Waals surface area contributed by atoms with Crippen molar-refractivity contribution >= 4 is 36.0 Å². The second kappa shape index (κ2) is 10.0. The number of hydrogen-bond donors (Lipinski definition) is 3. The minimum Gasteiger partial charge on any atom is -0.505 e. The van der Waals surface area contributed by atoms with Gasteiger partial charge in [0.2, 0.25) is 0 Å². The maximum absolute atomic E-state index is 13.5. The van der Waals surface area contributed by atoms with E-state index in [2.05, 4.69) is 15.6 Å². The molecule has 2 bridgehead atoms. The summed E-state index contributed by atoms with van der Waals surface area (Å²) in [7, 11) is 1.69. The number of aromatic hydroxyl groups is 1. The van der Waals surface area contributed by atoms with Crippen molar-refractivity contribution in [3.05, 3.63) is 29.6 Å². The van der Waals surface area contributed by atoms with E-state index in [-0.39, 0.29) is 53.9 Å². The van der Waals surface area contributed by atoms with Crippen LogP contribution in [0.4, 0.5) is 9.18 Å². The van der Waals surface area contributed by atoms with E-state index in [0.717, 1.165) is 25.7 Å². The Labute approximate surface area is 194 Å². The minimum atomic E-state index is -0.640. The highest BCUT2D eigenvalue weighted by molar-refractivity contribution is 14.0. The van der Waals surface area contributed by atoms with Gasteiger partial charge in [-0.1, -0.05) is 6.07 Å². The zero-order valence-corrected chi connectivity index (χ0v) is 20.3. The van der Waals surface area contributed by atoms with Gasteiger partial charge in [0, 0.05) is 31.7 Å². The topological polar surface area (TPSA) is 86.2 Å². The third-order valence-electron chi connectivity index (χ3n) is 5.37. The highest BCUT2D eigenvalue weighted by Crippen LogP contribution is 2.36. The molecule has 0 saturated carbocycles. The highest BCUT2D eigenvalue weighted by atomic mass is 127. The van der Waals surface area contributed by atoms with Crippen molar-refractivity contribution in [1.82, 2.24) is 15.5 Å². The Bertz CT molecular complexity index is 770. The second-order valence-corrected chi connectivity index (χ2v) is 8.80. The molecule has 0 radical (unpaired) electrons. The maximum atomic E-state index is 13.5. The first-order chi connectivity index (χ1) is 13.7. The Hall–Kier alpha value is -1.78. The molecule has 2 saturated heterocycles. The van der Waals surface area contributed by atoms with Crippen LogP contribution in [0.15, 0.2) is 23.2 Å². The lowest BCUT2D eigenvalue weighted by Crippen LogP contribution is -2.54. The molecule has 9 heteroatoms. The summed E-state index contributed by atoms with van der Waals surface area (Å²) in [6.45, 7) is 6.05. The van der Waals surface area contributed by atoms with E-state index in [9.17, 15) is 14.3 Å². The smallest absolute Gasteiger partial charge is 0.410 e. The number of amides is 1. The summed E-state index contributed by atoms with van der Waals surface area (Å²) >= 11 is 0. The van der Waals surface area contributed by atoms with Crippen molar-refractivity contribution in [2.75, 3.05) is 7.05 Å². The van der Waals surface area contributed by atoms with Crippen molar-refractivity contribution in [1.29, 1.82) is 0 Å². The molecule has 3 rings (SSSR count). The quantitative estimate of drug-likeness (QED) is 0.313. The molecule has 2 fully saturated rings. The first-order valence-corrected chi connectivity index (χ1v) is 10.1. The first-order valence-electron chi connectivity index (χ1n) is 10.1. The SMILES string of the molecule is CN=C(NCc1ccc(O)c(F)c1)NC1CC2CCC(C1)N2C(=O)OC(C)(C)C.I. The van der Waals surface area contributed by atoms with Crippen molar-refractivity contribution in [2.45, 2.75) is 76.7 Å². The molecule has 3 N–H and O–H groups in total. The Morgan fingerprint density at radius 1 is 1.30 bits per heavy atom. The normalized spacial score (nSPS) is 23.6. The number of carbonyl (C=O) groups is 1. The maximum Gasteiger partial charge on any atom is 0.410 e. The van der Waals surface area contributed by atoms with E-state index < -0.39 is 11.4 Å². The summed E-state index contributed by atoms with van der Waals surface area (Å²) < 4.78 is 19.1. The Balaban J connectivity index is 0.00000320. The molecule has 2 aliphatic rings. The number of nitrogens with one attached hydrogen (secondary N) is 2. The lowest BCUT2D eigenvalue weighted by Gasteiger charge is -2.40. The van der Waals surface area contributed by atoms with Gasteiger partial charge in [-0.15, -0.1) is 24.0 Å². The van der Waals surface area contributed by atoms with E-state index in [1.54, 1.807) is 13.1 Å². The molecule has 0 spiro atoms. The van der Waals surface area contributed by atoms with Gasteiger partial charge in [-0.05, 0) is 64.2 Å². The summed E-state index contributed by atoms with van der Waals surface area (Å²) in [6.07, 6.45) is 3.43. The fourth-order valence-electron chi connectivity index (χ4n) is 4.14. The van der Waals surface area contributed by atoms with Crippen LogP contribution in [0.1, 0.15) is 52.0 Å². The number of guanidine groups is 1. The van der Waals surface area contributed by atoms with Gasteiger partial charge in [-0.25, -0.2) is 9.18 Å². The fourth-order valence-corrected chi connectivity index (χ4v) is 4.14. The van der Waals surface area contributed by atoms with Crippen molar-refractivity contribution in [3.63, 3.8) is 0 Å². The molecule has 2 aliphatic heterocycles. The number of nitrogens with zero attached hydrogens (tertiary/aromatic N) is 2. The molecule has 30 heavy (non-hydrogen) atoms. The zero-order chi connectivity index (χ0) is 21.2. The average molecular weight is 534 g/mol. The summed E-state index contributed by atoms with van der Waals surface area (Å²) in [4.78, 5) is 18.7. The number of phenolic OH excluding ortho intramolecular Hbond substituents is 1. The molecule has 7 nitrogen and oxygen atoms in total. The van der Waals surface area contributed by atoms with E-state index >= 15 is 0 Å². The van der Waals surface area contributed by atoms with Gasteiger partial charge in [-0.3, -0.25) is 4.99 Å². The summed E-state index contributed by atoms with van der Waals surface area (Å²) in [6, 6.07) is 4.85. The largest absolute Gasteiger partial charge is 0.505 e. The first kappa shape index (κ1) is 24.5. The molecule has 1 amide bonds. The standard InChI is InChI=1S/C21H31FN4O3.HI/c1-21(2,3)29-20(28)26-15-6-7-16(26)11-14(10-15)25-19(23-4)24-12-13-5-8-18(27)17(22)9-13;/h5,8-9,14-16,27H,6-7,10-12H2,1-4H3,(H2,23,24,25);1H. The van der Waals surface area contributed by atoms with E-state index in [1.165, 1.54) is 12.1 Å². The Morgan fingerprint density at radius 2 is 1.93 bits per heavy atom. The Morgan fingerprint density at radius 3 is 2.47 bits per heavy atom. The lowest BCUT2D eigenvalue weighted by atomic mass is 9.98.